The number of halogens is 2. The standard InChI is InChI=1S/C7H4N.2ClH.Pt/c8-6-7-4-2-1-3-5-7;;;/h1-4H;2*1H;. The molecule has 0 unspecified atom stereocenters. The van der Waals surface area contributed by atoms with Gasteiger partial charge in [-0.05, 0) is 0 Å². The van der Waals surface area contributed by atoms with Crippen molar-refractivity contribution >= 4 is 28.8 Å². The Labute approximate surface area is 89.5 Å². The molecule has 63 valence electrons. The third kappa shape index (κ3) is 3.77. The first kappa shape index (κ1) is 13.6. The minimum absolute atomic E-state index is 0. The van der Waals surface area contributed by atoms with Gasteiger partial charge in [0.1, 0.15) is 0 Å². The zero-order valence-electron chi connectivity index (χ0n) is 5.39. The van der Waals surface area contributed by atoms with Gasteiger partial charge in [0.05, 0.1) is 0 Å². The van der Waals surface area contributed by atoms with Gasteiger partial charge in [0.15, 0.2) is 0 Å². The van der Waals surface area contributed by atoms with Gasteiger partial charge in [-0.1, -0.05) is 0 Å². The molecule has 0 spiro atoms. The molecule has 0 N–H and O–H groups in total. The molecule has 0 saturated carbocycles. The second-order valence-corrected chi connectivity index (χ2v) is 2.78. The van der Waals surface area contributed by atoms with Gasteiger partial charge < -0.3 is 0 Å². The van der Waals surface area contributed by atoms with Crippen molar-refractivity contribution in [2.45, 2.75) is 0 Å². The molecule has 1 nitrogen and oxygen atoms in total. The average molecular weight is 370 g/mol. The van der Waals surface area contributed by atoms with Gasteiger partial charge in [-0.25, -0.2) is 0 Å². The molecule has 1 rings (SSSR count). The second-order valence-electron chi connectivity index (χ2n) is 1.56. The molecule has 0 aliphatic heterocycles. The number of hydrogen-bond acceptors (Lipinski definition) is 1. The van der Waals surface area contributed by atoms with Crippen molar-refractivity contribution in [2.24, 2.45) is 0 Å². The van der Waals surface area contributed by atoms with Crippen molar-refractivity contribution in [3.63, 3.8) is 0 Å². The van der Waals surface area contributed by atoms with E-state index >= 15 is 0 Å². The Morgan fingerprint density at radius 3 is 2.09 bits per heavy atom. The van der Waals surface area contributed by atoms with E-state index in [4.69, 9.17) is 5.26 Å². The van der Waals surface area contributed by atoms with Crippen LogP contribution in [0.4, 0.5) is 0 Å². The molecule has 0 fully saturated rings. The van der Waals surface area contributed by atoms with Crippen molar-refractivity contribution in [1.29, 1.82) is 5.26 Å². The summed E-state index contributed by atoms with van der Waals surface area (Å²) in [5.41, 5.74) is 0.749. The summed E-state index contributed by atoms with van der Waals surface area (Å²) in [7, 11) is 0. The monoisotopic (exact) mass is 369 g/mol. The van der Waals surface area contributed by atoms with E-state index in [0.717, 1.165) is 9.52 Å². The third-order valence-corrected chi connectivity index (χ3v) is 1.96. The second kappa shape index (κ2) is 6.67. The first-order valence-electron chi connectivity index (χ1n) is 2.46. The van der Waals surface area contributed by atoms with E-state index in [-0.39, 0.29) is 24.8 Å². The fraction of sp³-hybridized carbons (Fsp3) is 0. The molecule has 0 atom stereocenters. The van der Waals surface area contributed by atoms with E-state index in [0.29, 0.717) is 0 Å². The molecule has 4 heteroatoms. The maximum atomic E-state index is 8.46. The maximum absolute atomic E-state index is 8.46. The topological polar surface area (TPSA) is 23.8 Å². The molecule has 0 aromatic heterocycles. The van der Waals surface area contributed by atoms with E-state index in [9.17, 15) is 0 Å². The summed E-state index contributed by atoms with van der Waals surface area (Å²) in [5.74, 6) is 0. The predicted octanol–water partition coefficient (Wildman–Crippen LogP) is 1.57. The molecule has 1 aromatic carbocycles. The quantitative estimate of drug-likeness (QED) is 0.681. The van der Waals surface area contributed by atoms with Gasteiger partial charge in [-0.2, -0.15) is 0 Å². The van der Waals surface area contributed by atoms with Crippen molar-refractivity contribution in [3.8, 4) is 6.07 Å². The van der Waals surface area contributed by atoms with Crippen LogP contribution in [0.1, 0.15) is 5.56 Å². The molecular formula is C7H6Cl2NPt. The molecule has 0 bridgehead atoms. The van der Waals surface area contributed by atoms with E-state index in [1.165, 1.54) is 0 Å². The summed E-state index contributed by atoms with van der Waals surface area (Å²) >= 11 is 2.12. The van der Waals surface area contributed by atoms with Gasteiger partial charge >= 0.3 is 64.9 Å². The summed E-state index contributed by atoms with van der Waals surface area (Å²) in [6.07, 6.45) is 0. The first-order valence-corrected chi connectivity index (χ1v) is 3.60. The SMILES string of the molecule is Cl.Cl.N#Cc1cccc[c]1[Pt]. The molecule has 0 aliphatic rings. The predicted molar refractivity (Wildman–Crippen MR) is 45.3 cm³/mol. The number of nitrogens with zero attached hydrogens (tertiary/aromatic N) is 1. The Hall–Kier alpha value is -0.0217. The summed E-state index contributed by atoms with van der Waals surface area (Å²) in [5, 5.41) is 8.46. The van der Waals surface area contributed by atoms with Crippen LogP contribution in [0.5, 0.6) is 0 Å². The van der Waals surface area contributed by atoms with Gasteiger partial charge in [-0.3, -0.25) is 0 Å². The number of hydrogen-bond donors (Lipinski definition) is 0. The van der Waals surface area contributed by atoms with Crippen LogP contribution in [0.2, 0.25) is 0 Å². The fourth-order valence-corrected chi connectivity index (χ4v) is 1.07. The fourth-order valence-electron chi connectivity index (χ4n) is 0.537. The van der Waals surface area contributed by atoms with Crippen LogP contribution in [0.25, 0.3) is 0 Å². The van der Waals surface area contributed by atoms with Gasteiger partial charge in [0.25, 0.3) is 0 Å². The normalized spacial score (nSPS) is 7.00. The molecule has 1 aromatic rings. The van der Waals surface area contributed by atoms with Crippen LogP contribution in [0, 0.1) is 11.3 Å². The molecular weight excluding hydrogens is 364 g/mol. The van der Waals surface area contributed by atoms with Crippen molar-refractivity contribution < 1.29 is 19.8 Å². The van der Waals surface area contributed by atoms with Crippen molar-refractivity contribution in [2.75, 3.05) is 0 Å². The van der Waals surface area contributed by atoms with Crippen LogP contribution in [0.15, 0.2) is 24.3 Å². The zero-order valence-corrected chi connectivity index (χ0v) is 9.29. The van der Waals surface area contributed by atoms with Gasteiger partial charge in [-0.15, -0.1) is 24.8 Å². The zero-order chi connectivity index (χ0) is 6.69. The van der Waals surface area contributed by atoms with E-state index < -0.39 is 0 Å². The van der Waals surface area contributed by atoms with E-state index in [1.807, 2.05) is 24.3 Å². The summed E-state index contributed by atoms with van der Waals surface area (Å²) < 4.78 is 1.01. The van der Waals surface area contributed by atoms with Gasteiger partial charge in [0.2, 0.25) is 0 Å². The molecule has 0 radical (unpaired) electrons. The molecule has 11 heavy (non-hydrogen) atoms. The summed E-state index contributed by atoms with van der Waals surface area (Å²) in [6, 6.07) is 9.59. The number of nitriles is 1. The molecule has 0 heterocycles. The third-order valence-electron chi connectivity index (χ3n) is 0.967. The number of benzene rings is 1. The van der Waals surface area contributed by atoms with Crippen LogP contribution in [-0.4, -0.2) is 0 Å². The molecule has 0 aliphatic carbocycles. The van der Waals surface area contributed by atoms with Crippen LogP contribution >= 0.6 is 24.8 Å². The van der Waals surface area contributed by atoms with Gasteiger partial charge in [0, 0.05) is 0 Å². The Kier molecular flexibility index (Phi) is 8.23. The molecule has 0 saturated heterocycles. The van der Waals surface area contributed by atoms with Crippen molar-refractivity contribution in [1.82, 2.24) is 0 Å². The Bertz CT molecular complexity index is 257. The summed E-state index contributed by atoms with van der Waals surface area (Å²) in [6.45, 7) is 0. The average Bonchev–Trinajstić information content (AvgIpc) is 1.89. The van der Waals surface area contributed by atoms with Crippen LogP contribution < -0.4 is 3.95 Å². The first-order chi connectivity index (χ1) is 4.34. The Morgan fingerprint density at radius 1 is 1.18 bits per heavy atom. The minimum atomic E-state index is 0. The van der Waals surface area contributed by atoms with Crippen LogP contribution in [-0.2, 0) is 19.8 Å². The van der Waals surface area contributed by atoms with E-state index in [1.54, 1.807) is 0 Å². The van der Waals surface area contributed by atoms with Crippen LogP contribution in [0.3, 0.4) is 0 Å². The Morgan fingerprint density at radius 2 is 1.73 bits per heavy atom. The number of rotatable bonds is 0. The van der Waals surface area contributed by atoms with Crippen molar-refractivity contribution in [3.05, 3.63) is 29.8 Å². The summed E-state index contributed by atoms with van der Waals surface area (Å²) in [4.78, 5) is 0. The molecule has 0 amide bonds. The Balaban J connectivity index is 0. The van der Waals surface area contributed by atoms with E-state index in [2.05, 4.69) is 25.9 Å².